The fraction of sp³-hybridized carbons (Fsp3) is 0.188. The number of nitrogens with one attached hydrogen (secondary N) is 1. The molecule has 0 saturated heterocycles. The van der Waals surface area contributed by atoms with Gasteiger partial charge in [0.2, 0.25) is 0 Å². The third kappa shape index (κ3) is 4.40. The maximum atomic E-state index is 11.2. The zero-order valence-corrected chi connectivity index (χ0v) is 11.3. The summed E-state index contributed by atoms with van der Waals surface area (Å²) in [5.41, 5.74) is 2.18. The lowest BCUT2D eigenvalue weighted by Crippen LogP contribution is -2.14. The first kappa shape index (κ1) is 14.1. The van der Waals surface area contributed by atoms with Gasteiger partial charge in [0.1, 0.15) is 12.4 Å². The van der Waals surface area contributed by atoms with Gasteiger partial charge < -0.3 is 14.8 Å². The van der Waals surface area contributed by atoms with Gasteiger partial charge in [-0.05, 0) is 29.8 Å². The summed E-state index contributed by atoms with van der Waals surface area (Å²) in [5, 5.41) is 3.30. The molecule has 2 aromatic rings. The van der Waals surface area contributed by atoms with Gasteiger partial charge in [-0.2, -0.15) is 0 Å². The summed E-state index contributed by atoms with van der Waals surface area (Å²) in [4.78, 5) is 11.2. The number of hydrogen-bond donors (Lipinski definition) is 1. The first-order valence-corrected chi connectivity index (χ1v) is 6.35. The van der Waals surface area contributed by atoms with Gasteiger partial charge in [-0.25, -0.2) is 4.79 Å². The SMILES string of the molecule is COCC(=O)Oc1ccc(NCc2ccccc2)cc1. The van der Waals surface area contributed by atoms with E-state index >= 15 is 0 Å². The second-order valence-corrected chi connectivity index (χ2v) is 4.27. The minimum absolute atomic E-state index is 0.0476. The van der Waals surface area contributed by atoms with Gasteiger partial charge in [0, 0.05) is 19.3 Å². The zero-order valence-electron chi connectivity index (χ0n) is 11.3. The number of benzene rings is 2. The number of methoxy groups -OCH3 is 1. The van der Waals surface area contributed by atoms with Crippen LogP contribution in [-0.4, -0.2) is 19.7 Å². The number of anilines is 1. The van der Waals surface area contributed by atoms with Gasteiger partial charge in [0.15, 0.2) is 0 Å². The minimum Gasteiger partial charge on any atom is -0.425 e. The third-order valence-electron chi connectivity index (χ3n) is 2.69. The number of esters is 1. The van der Waals surface area contributed by atoms with Crippen LogP contribution in [0.3, 0.4) is 0 Å². The normalized spacial score (nSPS) is 10.1. The molecule has 0 spiro atoms. The molecular formula is C16H17NO3. The van der Waals surface area contributed by atoms with E-state index in [-0.39, 0.29) is 6.61 Å². The molecule has 0 bridgehead atoms. The second-order valence-electron chi connectivity index (χ2n) is 4.27. The van der Waals surface area contributed by atoms with Gasteiger partial charge in [-0.3, -0.25) is 0 Å². The molecule has 1 N–H and O–H groups in total. The Hall–Kier alpha value is -2.33. The lowest BCUT2D eigenvalue weighted by Gasteiger charge is -2.08. The Bertz CT molecular complexity index is 537. The minimum atomic E-state index is -0.405. The predicted molar refractivity (Wildman–Crippen MR) is 77.7 cm³/mol. The zero-order chi connectivity index (χ0) is 14.2. The fourth-order valence-electron chi connectivity index (χ4n) is 1.72. The highest BCUT2D eigenvalue weighted by atomic mass is 16.6. The van der Waals surface area contributed by atoms with Gasteiger partial charge in [-0.1, -0.05) is 30.3 Å². The van der Waals surface area contributed by atoms with E-state index in [2.05, 4.69) is 17.4 Å². The molecule has 0 heterocycles. The molecule has 0 atom stereocenters. The van der Waals surface area contributed by atoms with E-state index in [0.717, 1.165) is 12.2 Å². The van der Waals surface area contributed by atoms with Gasteiger partial charge in [0.05, 0.1) is 0 Å². The van der Waals surface area contributed by atoms with E-state index in [1.165, 1.54) is 12.7 Å². The first-order chi connectivity index (χ1) is 9.78. The van der Waals surface area contributed by atoms with E-state index in [1.807, 2.05) is 30.3 Å². The molecule has 0 aliphatic rings. The molecule has 0 aliphatic carbocycles. The van der Waals surface area contributed by atoms with E-state index in [0.29, 0.717) is 5.75 Å². The Morgan fingerprint density at radius 2 is 1.75 bits per heavy atom. The highest BCUT2D eigenvalue weighted by Gasteiger charge is 2.03. The number of carbonyl (C=O) groups is 1. The monoisotopic (exact) mass is 271 g/mol. The molecule has 4 nitrogen and oxygen atoms in total. The van der Waals surface area contributed by atoms with E-state index in [1.54, 1.807) is 12.1 Å². The lowest BCUT2D eigenvalue weighted by molar-refractivity contribution is -0.138. The Kier molecular flexibility index (Phi) is 5.15. The summed E-state index contributed by atoms with van der Waals surface area (Å²) < 4.78 is 9.78. The van der Waals surface area contributed by atoms with Crippen LogP contribution >= 0.6 is 0 Å². The maximum Gasteiger partial charge on any atom is 0.337 e. The molecule has 0 aromatic heterocycles. The molecule has 0 aliphatic heterocycles. The summed E-state index contributed by atoms with van der Waals surface area (Å²) in [6, 6.07) is 17.4. The fourth-order valence-corrected chi connectivity index (χ4v) is 1.72. The Morgan fingerprint density at radius 1 is 1.05 bits per heavy atom. The van der Waals surface area contributed by atoms with Crippen molar-refractivity contribution in [1.82, 2.24) is 0 Å². The summed E-state index contributed by atoms with van der Waals surface area (Å²) in [5.74, 6) is 0.106. The van der Waals surface area contributed by atoms with Crippen LogP contribution < -0.4 is 10.1 Å². The standard InChI is InChI=1S/C16H17NO3/c1-19-12-16(18)20-15-9-7-14(8-10-15)17-11-13-5-3-2-4-6-13/h2-10,17H,11-12H2,1H3. The topological polar surface area (TPSA) is 47.6 Å². The Balaban J connectivity index is 1.87. The van der Waals surface area contributed by atoms with Crippen LogP contribution in [0.25, 0.3) is 0 Å². The largest absolute Gasteiger partial charge is 0.425 e. The van der Waals surface area contributed by atoms with E-state index in [9.17, 15) is 4.79 Å². The average Bonchev–Trinajstić information content (AvgIpc) is 2.48. The first-order valence-electron chi connectivity index (χ1n) is 6.35. The van der Waals surface area contributed by atoms with Crippen LogP contribution in [0.1, 0.15) is 5.56 Å². The molecule has 2 rings (SSSR count). The van der Waals surface area contributed by atoms with Crippen molar-refractivity contribution in [3.05, 3.63) is 60.2 Å². The highest BCUT2D eigenvalue weighted by Crippen LogP contribution is 2.16. The molecule has 2 aromatic carbocycles. The smallest absolute Gasteiger partial charge is 0.337 e. The van der Waals surface area contributed by atoms with Crippen molar-refractivity contribution in [2.45, 2.75) is 6.54 Å². The average molecular weight is 271 g/mol. The van der Waals surface area contributed by atoms with Crippen molar-refractivity contribution in [1.29, 1.82) is 0 Å². The van der Waals surface area contributed by atoms with Crippen LogP contribution in [0.4, 0.5) is 5.69 Å². The van der Waals surface area contributed by atoms with Gasteiger partial charge >= 0.3 is 5.97 Å². The Morgan fingerprint density at radius 3 is 2.40 bits per heavy atom. The van der Waals surface area contributed by atoms with Gasteiger partial charge in [0.25, 0.3) is 0 Å². The predicted octanol–water partition coefficient (Wildman–Crippen LogP) is 2.85. The summed E-state index contributed by atoms with van der Waals surface area (Å²) in [6.07, 6.45) is 0. The van der Waals surface area contributed by atoms with Crippen LogP contribution in [0, 0.1) is 0 Å². The highest BCUT2D eigenvalue weighted by molar-refractivity contribution is 5.73. The van der Waals surface area contributed by atoms with Crippen molar-refractivity contribution >= 4 is 11.7 Å². The van der Waals surface area contributed by atoms with Crippen molar-refractivity contribution in [2.24, 2.45) is 0 Å². The number of ether oxygens (including phenoxy) is 2. The molecular weight excluding hydrogens is 254 g/mol. The second kappa shape index (κ2) is 7.31. The Labute approximate surface area is 118 Å². The van der Waals surface area contributed by atoms with Crippen molar-refractivity contribution in [3.8, 4) is 5.75 Å². The molecule has 104 valence electrons. The molecule has 0 radical (unpaired) electrons. The lowest BCUT2D eigenvalue weighted by atomic mass is 10.2. The molecule has 0 unspecified atom stereocenters. The van der Waals surface area contributed by atoms with E-state index < -0.39 is 5.97 Å². The summed E-state index contributed by atoms with van der Waals surface area (Å²) in [7, 11) is 1.46. The van der Waals surface area contributed by atoms with Crippen LogP contribution in [0.5, 0.6) is 5.75 Å². The number of rotatable bonds is 6. The van der Waals surface area contributed by atoms with Crippen molar-refractivity contribution in [3.63, 3.8) is 0 Å². The molecule has 20 heavy (non-hydrogen) atoms. The maximum absolute atomic E-state index is 11.2. The van der Waals surface area contributed by atoms with Crippen molar-refractivity contribution < 1.29 is 14.3 Å². The summed E-state index contributed by atoms with van der Waals surface area (Å²) >= 11 is 0. The number of hydrogen-bond acceptors (Lipinski definition) is 4. The summed E-state index contributed by atoms with van der Waals surface area (Å²) in [6.45, 7) is 0.706. The molecule has 0 amide bonds. The number of carbonyl (C=O) groups excluding carboxylic acids is 1. The molecule has 0 saturated carbocycles. The molecule has 4 heteroatoms. The van der Waals surface area contributed by atoms with E-state index in [4.69, 9.17) is 9.47 Å². The quantitative estimate of drug-likeness (QED) is 0.648. The third-order valence-corrected chi connectivity index (χ3v) is 2.69. The van der Waals surface area contributed by atoms with Crippen LogP contribution in [-0.2, 0) is 16.1 Å². The molecule has 0 fully saturated rings. The van der Waals surface area contributed by atoms with Gasteiger partial charge in [-0.15, -0.1) is 0 Å². The van der Waals surface area contributed by atoms with Crippen molar-refractivity contribution in [2.75, 3.05) is 19.0 Å². The van der Waals surface area contributed by atoms with Crippen LogP contribution in [0.2, 0.25) is 0 Å². The van der Waals surface area contributed by atoms with Crippen LogP contribution in [0.15, 0.2) is 54.6 Å².